The maximum atomic E-state index is 13.3. The summed E-state index contributed by atoms with van der Waals surface area (Å²) in [5.74, 6) is -0.245. The van der Waals surface area contributed by atoms with E-state index in [4.69, 9.17) is 14.2 Å². The van der Waals surface area contributed by atoms with Crippen LogP contribution in [0, 0.1) is 0 Å². The Morgan fingerprint density at radius 2 is 1.62 bits per heavy atom. The van der Waals surface area contributed by atoms with Gasteiger partial charge in [0.1, 0.15) is 6.17 Å². The number of ether oxygens (including phenoxy) is 3. The van der Waals surface area contributed by atoms with Crippen molar-refractivity contribution in [3.05, 3.63) is 0 Å². The Kier molecular flexibility index (Phi) is 21.7. The summed E-state index contributed by atoms with van der Waals surface area (Å²) in [5, 5.41) is 5.87. The second kappa shape index (κ2) is 20.6. The molecule has 0 saturated heterocycles. The molecule has 0 radical (unpaired) electrons. The number of nitrogens with one attached hydrogen (secondary N) is 2. The second-order valence-corrected chi connectivity index (χ2v) is 5.82. The number of amides is 1. The zero-order chi connectivity index (χ0) is 20.2. The van der Waals surface area contributed by atoms with Crippen LogP contribution < -0.4 is 10.6 Å². The van der Waals surface area contributed by atoms with Crippen LogP contribution in [0.25, 0.3) is 0 Å². The smallest absolute Gasteiger partial charge is 0.216 e. The van der Waals surface area contributed by atoms with Crippen LogP contribution in [0.15, 0.2) is 0 Å². The largest absolute Gasteiger partial charge is 0.377 e. The summed E-state index contributed by atoms with van der Waals surface area (Å²) in [7, 11) is 0. The molecule has 0 aromatic heterocycles. The van der Waals surface area contributed by atoms with E-state index in [1.807, 2.05) is 20.8 Å². The molecule has 0 aromatic carbocycles. The molecule has 0 rings (SSSR count). The Labute approximate surface area is 162 Å². The predicted octanol–water partition coefficient (Wildman–Crippen LogP) is 3.20. The first-order chi connectivity index (χ1) is 12.5. The second-order valence-electron chi connectivity index (χ2n) is 5.82. The third-order valence-electron chi connectivity index (χ3n) is 3.55. The van der Waals surface area contributed by atoms with E-state index in [1.54, 1.807) is 0 Å². The molecular formula is C19H45FN2O4. The molecule has 0 aliphatic rings. The SMILES string of the molecule is CC.CCC(CC)NCC(C)OCCOCCOCC(F)CNC(C)=O.[HH].[HH]. The molecule has 2 N–H and O–H groups in total. The first-order valence-electron chi connectivity index (χ1n) is 9.88. The molecule has 0 spiro atoms. The van der Waals surface area contributed by atoms with Crippen molar-refractivity contribution >= 4 is 5.91 Å². The summed E-state index contributed by atoms with van der Waals surface area (Å²) in [6.07, 6.45) is 1.19. The first-order valence-corrected chi connectivity index (χ1v) is 9.88. The lowest BCUT2D eigenvalue weighted by Gasteiger charge is -2.19. The normalized spacial score (nSPS) is 13.1. The van der Waals surface area contributed by atoms with Crippen LogP contribution in [0.2, 0.25) is 0 Å². The molecule has 7 heteroatoms. The molecule has 6 nitrogen and oxygen atoms in total. The van der Waals surface area contributed by atoms with Gasteiger partial charge in [0.15, 0.2) is 0 Å². The van der Waals surface area contributed by atoms with Gasteiger partial charge in [0.25, 0.3) is 0 Å². The lowest BCUT2D eigenvalue weighted by molar-refractivity contribution is -0.119. The Balaban J connectivity index is -0.000000695. The highest BCUT2D eigenvalue weighted by Crippen LogP contribution is 1.97. The highest BCUT2D eigenvalue weighted by Gasteiger charge is 2.07. The molecular weight excluding hydrogens is 339 g/mol. The van der Waals surface area contributed by atoms with Crippen molar-refractivity contribution in [3.63, 3.8) is 0 Å². The summed E-state index contributed by atoms with van der Waals surface area (Å²) >= 11 is 0. The van der Waals surface area contributed by atoms with Gasteiger partial charge in [-0.3, -0.25) is 4.79 Å². The van der Waals surface area contributed by atoms with E-state index in [1.165, 1.54) is 6.92 Å². The van der Waals surface area contributed by atoms with Crippen LogP contribution >= 0.6 is 0 Å². The van der Waals surface area contributed by atoms with E-state index in [9.17, 15) is 9.18 Å². The number of alkyl halides is 1. The lowest BCUT2D eigenvalue weighted by atomic mass is 10.1. The van der Waals surface area contributed by atoms with Gasteiger partial charge in [-0.25, -0.2) is 4.39 Å². The molecule has 0 fully saturated rings. The van der Waals surface area contributed by atoms with Gasteiger partial charge in [0.2, 0.25) is 5.91 Å². The number of carbonyl (C=O) groups is 1. The van der Waals surface area contributed by atoms with Crippen LogP contribution in [0.3, 0.4) is 0 Å². The summed E-state index contributed by atoms with van der Waals surface area (Å²) in [5.41, 5.74) is 0. The van der Waals surface area contributed by atoms with Crippen molar-refractivity contribution in [2.24, 2.45) is 0 Å². The number of carbonyl (C=O) groups excluding carboxylic acids is 1. The summed E-state index contributed by atoms with van der Waals surface area (Å²) in [4.78, 5) is 10.6. The molecule has 2 unspecified atom stereocenters. The quantitative estimate of drug-likeness (QED) is 0.400. The molecule has 0 bridgehead atoms. The summed E-state index contributed by atoms with van der Waals surface area (Å²) in [6.45, 7) is 14.3. The van der Waals surface area contributed by atoms with Crippen LogP contribution in [0.5, 0.6) is 0 Å². The molecule has 0 aliphatic heterocycles. The van der Waals surface area contributed by atoms with E-state index in [0.717, 1.165) is 19.4 Å². The number of hydrogen-bond donors (Lipinski definition) is 2. The van der Waals surface area contributed by atoms with E-state index in [-0.39, 0.29) is 28.0 Å². The van der Waals surface area contributed by atoms with Gasteiger partial charge in [0, 0.05) is 22.4 Å². The van der Waals surface area contributed by atoms with Crippen LogP contribution in [0.4, 0.5) is 4.39 Å². The van der Waals surface area contributed by atoms with Gasteiger partial charge >= 0.3 is 0 Å². The highest BCUT2D eigenvalue weighted by molar-refractivity contribution is 5.72. The maximum Gasteiger partial charge on any atom is 0.216 e. The third-order valence-corrected chi connectivity index (χ3v) is 3.55. The van der Waals surface area contributed by atoms with Gasteiger partial charge in [-0.2, -0.15) is 0 Å². The average Bonchev–Trinajstić information content (AvgIpc) is 2.64. The fourth-order valence-electron chi connectivity index (χ4n) is 2.02. The van der Waals surface area contributed by atoms with E-state index in [0.29, 0.717) is 32.5 Å². The molecule has 26 heavy (non-hydrogen) atoms. The Hall–Kier alpha value is -0.760. The van der Waals surface area contributed by atoms with E-state index < -0.39 is 6.17 Å². The van der Waals surface area contributed by atoms with Crippen LogP contribution in [-0.4, -0.2) is 70.3 Å². The Morgan fingerprint density at radius 3 is 2.19 bits per heavy atom. The van der Waals surface area contributed by atoms with Gasteiger partial charge in [-0.1, -0.05) is 27.7 Å². The fourth-order valence-corrected chi connectivity index (χ4v) is 2.02. The molecule has 2 atom stereocenters. The number of halogens is 1. The van der Waals surface area contributed by atoms with E-state index >= 15 is 0 Å². The number of hydrogen-bond acceptors (Lipinski definition) is 5. The minimum absolute atomic E-state index is 0. The first kappa shape index (κ1) is 27.5. The average molecular weight is 385 g/mol. The van der Waals surface area contributed by atoms with Crippen molar-refractivity contribution in [3.8, 4) is 0 Å². The molecule has 0 aliphatic carbocycles. The molecule has 1 amide bonds. The lowest BCUT2D eigenvalue weighted by Crippen LogP contribution is -2.35. The van der Waals surface area contributed by atoms with Gasteiger partial charge in [0.05, 0.1) is 45.7 Å². The Morgan fingerprint density at radius 1 is 1.04 bits per heavy atom. The van der Waals surface area contributed by atoms with Gasteiger partial charge in [-0.15, -0.1) is 0 Å². The van der Waals surface area contributed by atoms with E-state index in [2.05, 4.69) is 24.5 Å². The van der Waals surface area contributed by atoms with Gasteiger partial charge in [-0.05, 0) is 19.8 Å². The van der Waals surface area contributed by atoms with Crippen LogP contribution in [-0.2, 0) is 19.0 Å². The Bertz CT molecular complexity index is 316. The molecule has 0 aromatic rings. The highest BCUT2D eigenvalue weighted by atomic mass is 19.1. The zero-order valence-electron chi connectivity index (χ0n) is 17.6. The van der Waals surface area contributed by atoms with Crippen molar-refractivity contribution in [1.29, 1.82) is 0 Å². The van der Waals surface area contributed by atoms with Crippen molar-refractivity contribution < 1.29 is 26.2 Å². The minimum Gasteiger partial charge on any atom is -0.377 e. The monoisotopic (exact) mass is 384 g/mol. The summed E-state index contributed by atoms with van der Waals surface area (Å²) in [6, 6.07) is 0.550. The number of rotatable bonds is 16. The van der Waals surface area contributed by atoms with Crippen LogP contribution in [0.1, 0.15) is 57.2 Å². The zero-order valence-corrected chi connectivity index (χ0v) is 17.6. The van der Waals surface area contributed by atoms with Gasteiger partial charge < -0.3 is 24.8 Å². The third kappa shape index (κ3) is 19.6. The molecule has 0 heterocycles. The minimum atomic E-state index is -1.19. The van der Waals surface area contributed by atoms with Crippen molar-refractivity contribution in [2.45, 2.75) is 72.7 Å². The molecule has 162 valence electrons. The summed E-state index contributed by atoms with van der Waals surface area (Å²) < 4.78 is 29.4. The van der Waals surface area contributed by atoms with Crippen molar-refractivity contribution in [2.75, 3.05) is 46.1 Å². The van der Waals surface area contributed by atoms with Crippen molar-refractivity contribution in [1.82, 2.24) is 10.6 Å². The predicted molar refractivity (Wildman–Crippen MR) is 109 cm³/mol. The standard InChI is InChI=1S/C17H35FN2O4.C2H6.2H2/c1-5-17(6-2)20-11-14(3)24-10-9-22-7-8-23-13-16(18)12-19-15(4)21;1-2;;/h14,16-17,20H,5-13H2,1-4H3,(H,19,21);1-2H3;2*1H. The topological polar surface area (TPSA) is 68.8 Å². The maximum absolute atomic E-state index is 13.3. The fraction of sp³-hybridized carbons (Fsp3) is 0.947. The molecule has 0 saturated carbocycles.